The number of halogens is 4. The average Bonchev–Trinajstić information content (AvgIpc) is 2.80. The Hall–Kier alpha value is -3.51. The summed E-state index contributed by atoms with van der Waals surface area (Å²) in [7, 11) is 0. The molecule has 1 saturated heterocycles. The van der Waals surface area contributed by atoms with Crippen LogP contribution in [0.25, 0.3) is 0 Å². The van der Waals surface area contributed by atoms with E-state index < -0.39 is 36.1 Å². The third-order valence-electron chi connectivity index (χ3n) is 5.57. The summed E-state index contributed by atoms with van der Waals surface area (Å²) in [6, 6.07) is 9.08. The van der Waals surface area contributed by atoms with Crippen LogP contribution in [0.2, 0.25) is 5.02 Å². The highest BCUT2D eigenvalue weighted by atomic mass is 35.5. The molecule has 0 aromatic heterocycles. The van der Waals surface area contributed by atoms with Crippen molar-refractivity contribution in [2.75, 3.05) is 13.2 Å². The maximum Gasteiger partial charge on any atom is 0.573 e. The van der Waals surface area contributed by atoms with Crippen LogP contribution in [0.3, 0.4) is 0 Å². The predicted octanol–water partition coefficient (Wildman–Crippen LogP) is 3.48. The summed E-state index contributed by atoms with van der Waals surface area (Å²) in [5.41, 5.74) is 7.14. The fourth-order valence-corrected chi connectivity index (χ4v) is 3.80. The third-order valence-corrected chi connectivity index (χ3v) is 5.79. The number of aliphatic hydroxyl groups excluding tert-OH is 1. The quantitative estimate of drug-likeness (QED) is 0.234. The van der Waals surface area contributed by atoms with Crippen molar-refractivity contribution in [3.8, 4) is 5.75 Å². The van der Waals surface area contributed by atoms with E-state index in [4.69, 9.17) is 22.2 Å². The number of hydrogen-bond donors (Lipinski definition) is 3. The fourth-order valence-electron chi connectivity index (χ4n) is 3.57. The Kier molecular flexibility index (Phi) is 9.45. The SMILES string of the molecule is CC(C)CO/N=C(\N)c1ccc(CNC(=O)[C@@H]2CCN2C(=O)[C@H](O)c2cc(Cl)cc(OC(F)(F)F)c2)cc1. The van der Waals surface area contributed by atoms with Crippen molar-refractivity contribution in [2.24, 2.45) is 16.8 Å². The van der Waals surface area contributed by atoms with Crippen LogP contribution in [0.5, 0.6) is 5.75 Å². The summed E-state index contributed by atoms with van der Waals surface area (Å²) in [5.74, 6) is -1.41. The highest BCUT2D eigenvalue weighted by Crippen LogP contribution is 2.31. The molecule has 0 aliphatic carbocycles. The number of carbonyl (C=O) groups is 2. The van der Waals surface area contributed by atoms with Crippen molar-refractivity contribution in [3.05, 3.63) is 64.2 Å². The van der Waals surface area contributed by atoms with Gasteiger partial charge in [0.25, 0.3) is 5.91 Å². The van der Waals surface area contributed by atoms with Crippen molar-refractivity contribution in [1.29, 1.82) is 0 Å². The Morgan fingerprint density at radius 2 is 1.92 bits per heavy atom. The minimum Gasteiger partial charge on any atom is -0.406 e. The van der Waals surface area contributed by atoms with Gasteiger partial charge < -0.3 is 30.6 Å². The van der Waals surface area contributed by atoms with Crippen molar-refractivity contribution in [3.63, 3.8) is 0 Å². The molecule has 9 nitrogen and oxygen atoms in total. The Labute approximate surface area is 222 Å². The van der Waals surface area contributed by atoms with Gasteiger partial charge in [0.15, 0.2) is 11.9 Å². The number of amidine groups is 1. The molecular weight excluding hydrogens is 529 g/mol. The largest absolute Gasteiger partial charge is 0.573 e. The molecule has 1 fully saturated rings. The van der Waals surface area contributed by atoms with Gasteiger partial charge in [0.2, 0.25) is 5.91 Å². The molecule has 2 aromatic carbocycles. The molecule has 0 unspecified atom stereocenters. The fraction of sp³-hybridized carbons (Fsp3) is 0.400. The molecule has 38 heavy (non-hydrogen) atoms. The molecule has 2 amide bonds. The number of nitrogens with two attached hydrogens (primary N) is 1. The smallest absolute Gasteiger partial charge is 0.406 e. The number of carbonyl (C=O) groups excluding carboxylic acids is 2. The highest BCUT2D eigenvalue weighted by molar-refractivity contribution is 6.30. The minimum absolute atomic E-state index is 0.159. The number of aliphatic hydroxyl groups is 1. The van der Waals surface area contributed by atoms with Gasteiger partial charge in [-0.3, -0.25) is 9.59 Å². The zero-order chi connectivity index (χ0) is 28.0. The summed E-state index contributed by atoms with van der Waals surface area (Å²) in [6.07, 6.45) is -6.44. The molecule has 3 rings (SSSR count). The number of nitrogens with zero attached hydrogens (tertiary/aromatic N) is 2. The van der Waals surface area contributed by atoms with Crippen LogP contribution in [0.4, 0.5) is 13.2 Å². The van der Waals surface area contributed by atoms with Crippen LogP contribution in [0.15, 0.2) is 47.6 Å². The Morgan fingerprint density at radius 3 is 2.50 bits per heavy atom. The molecule has 4 N–H and O–H groups in total. The van der Waals surface area contributed by atoms with Gasteiger partial charge in [-0.1, -0.05) is 54.9 Å². The molecule has 13 heteroatoms. The number of hydrogen-bond acceptors (Lipinski definition) is 6. The second-order valence-electron chi connectivity index (χ2n) is 9.09. The van der Waals surface area contributed by atoms with Gasteiger partial charge in [-0.05, 0) is 41.7 Å². The zero-order valence-corrected chi connectivity index (χ0v) is 21.4. The van der Waals surface area contributed by atoms with Gasteiger partial charge in [-0.25, -0.2) is 0 Å². The maximum absolute atomic E-state index is 12.8. The van der Waals surface area contributed by atoms with E-state index in [0.29, 0.717) is 24.5 Å². The molecular formula is C25H28ClF3N4O5. The van der Waals surface area contributed by atoms with Crippen LogP contribution in [0.1, 0.15) is 43.1 Å². The monoisotopic (exact) mass is 556 g/mol. The predicted molar refractivity (Wildman–Crippen MR) is 133 cm³/mol. The second-order valence-corrected chi connectivity index (χ2v) is 9.52. The topological polar surface area (TPSA) is 126 Å². The van der Waals surface area contributed by atoms with E-state index in [2.05, 4.69) is 15.2 Å². The van der Waals surface area contributed by atoms with Crippen molar-refractivity contribution in [1.82, 2.24) is 10.2 Å². The van der Waals surface area contributed by atoms with Gasteiger partial charge in [0.05, 0.1) is 0 Å². The maximum atomic E-state index is 12.8. The number of benzene rings is 2. The molecule has 1 heterocycles. The van der Waals surface area contributed by atoms with Crippen LogP contribution >= 0.6 is 11.6 Å². The van der Waals surface area contributed by atoms with Crippen LogP contribution in [-0.4, -0.2) is 53.2 Å². The molecule has 0 saturated carbocycles. The van der Waals surface area contributed by atoms with Crippen LogP contribution < -0.4 is 15.8 Å². The summed E-state index contributed by atoms with van der Waals surface area (Å²) >= 11 is 5.83. The number of likely N-dealkylation sites (tertiary alicyclic amines) is 1. The molecule has 1 aliphatic rings. The van der Waals surface area contributed by atoms with E-state index in [-0.39, 0.29) is 29.5 Å². The van der Waals surface area contributed by atoms with Gasteiger partial charge in [-0.2, -0.15) is 0 Å². The number of oxime groups is 1. The minimum atomic E-state index is -4.97. The van der Waals surface area contributed by atoms with Gasteiger partial charge >= 0.3 is 6.36 Å². The van der Waals surface area contributed by atoms with E-state index in [1.807, 2.05) is 13.8 Å². The van der Waals surface area contributed by atoms with Crippen molar-refractivity contribution in [2.45, 2.75) is 45.3 Å². The summed E-state index contributed by atoms with van der Waals surface area (Å²) in [4.78, 5) is 31.8. The summed E-state index contributed by atoms with van der Waals surface area (Å²) < 4.78 is 41.5. The Morgan fingerprint density at radius 1 is 1.24 bits per heavy atom. The number of alkyl halides is 3. The van der Waals surface area contributed by atoms with E-state index in [1.165, 1.54) is 0 Å². The number of ether oxygens (including phenoxy) is 1. The molecule has 1 aliphatic heterocycles. The van der Waals surface area contributed by atoms with Gasteiger partial charge in [0.1, 0.15) is 18.4 Å². The van der Waals surface area contributed by atoms with E-state index in [0.717, 1.165) is 28.7 Å². The second kappa shape index (κ2) is 12.4. The lowest BCUT2D eigenvalue weighted by atomic mass is 9.98. The number of amides is 2. The Bertz CT molecular complexity index is 1170. The molecule has 2 aromatic rings. The lowest BCUT2D eigenvalue weighted by molar-refractivity contribution is -0.274. The molecule has 206 valence electrons. The highest BCUT2D eigenvalue weighted by Gasteiger charge is 2.40. The molecule has 0 radical (unpaired) electrons. The third kappa shape index (κ3) is 7.99. The molecule has 0 bridgehead atoms. The summed E-state index contributed by atoms with van der Waals surface area (Å²) in [6.45, 7) is 4.79. The van der Waals surface area contributed by atoms with E-state index in [9.17, 15) is 27.9 Å². The first-order valence-corrected chi connectivity index (χ1v) is 12.1. The zero-order valence-electron chi connectivity index (χ0n) is 20.7. The first-order valence-electron chi connectivity index (χ1n) is 11.7. The molecule has 2 atom stereocenters. The standard InChI is InChI=1S/C25H28ClF3N4O5/c1-14(2)13-37-32-22(30)16-5-3-15(4-6-16)12-31-23(35)20-7-8-33(20)24(36)21(34)17-9-18(26)11-19(10-17)38-25(27,28)29/h3-6,9-11,14,20-21,34H,7-8,12-13H2,1-2H3,(H2,30,32)(H,31,35)/t20-,21+/m0/s1. The first kappa shape index (κ1) is 29.1. The van der Waals surface area contributed by atoms with Crippen molar-refractivity contribution >= 4 is 29.3 Å². The van der Waals surface area contributed by atoms with Crippen molar-refractivity contribution < 1.29 is 37.4 Å². The average molecular weight is 557 g/mol. The number of nitrogens with one attached hydrogen (secondary N) is 1. The number of rotatable bonds is 10. The van der Waals surface area contributed by atoms with Gasteiger partial charge in [-0.15, -0.1) is 13.2 Å². The molecule has 0 spiro atoms. The first-order chi connectivity index (χ1) is 17.8. The van der Waals surface area contributed by atoms with Gasteiger partial charge in [0, 0.05) is 23.7 Å². The van der Waals surface area contributed by atoms with E-state index in [1.54, 1.807) is 24.3 Å². The van der Waals surface area contributed by atoms with Crippen LogP contribution in [0, 0.1) is 5.92 Å². The summed E-state index contributed by atoms with van der Waals surface area (Å²) in [5, 5.41) is 16.9. The van der Waals surface area contributed by atoms with E-state index >= 15 is 0 Å². The lowest BCUT2D eigenvalue weighted by Crippen LogP contribution is -2.59. The Balaban J connectivity index is 1.56. The lowest BCUT2D eigenvalue weighted by Gasteiger charge is -2.40. The normalized spacial score (nSPS) is 16.6. The van der Waals surface area contributed by atoms with Crippen LogP contribution in [-0.2, 0) is 21.0 Å².